The maximum atomic E-state index is 12.3. The minimum atomic E-state index is -3.79. The summed E-state index contributed by atoms with van der Waals surface area (Å²) in [6.07, 6.45) is 2.57. The molecule has 19 heavy (non-hydrogen) atoms. The number of aromatic nitrogens is 1. The Morgan fingerprint density at radius 1 is 1.26 bits per heavy atom. The van der Waals surface area contributed by atoms with Crippen LogP contribution < -0.4 is 5.43 Å². The highest BCUT2D eigenvalue weighted by molar-refractivity contribution is 7.89. The van der Waals surface area contributed by atoms with Crippen LogP contribution in [0.15, 0.2) is 28.2 Å². The Kier molecular flexibility index (Phi) is 3.72. The first kappa shape index (κ1) is 13.8. The number of hydrogen-bond acceptors (Lipinski definition) is 4. The van der Waals surface area contributed by atoms with Crippen LogP contribution in [0, 0.1) is 0 Å². The van der Waals surface area contributed by atoms with Crippen LogP contribution in [0.4, 0.5) is 0 Å². The van der Waals surface area contributed by atoms with Gasteiger partial charge in [-0.1, -0.05) is 0 Å². The van der Waals surface area contributed by atoms with E-state index in [-0.39, 0.29) is 23.9 Å². The molecule has 1 amide bonds. The molecule has 1 aromatic rings. The summed E-state index contributed by atoms with van der Waals surface area (Å²) in [5.74, 6) is -0.0744. The predicted octanol–water partition coefficient (Wildman–Crippen LogP) is -0.772. The smallest absolute Gasteiger partial charge is 0.248 e. The van der Waals surface area contributed by atoms with E-state index in [9.17, 15) is 18.0 Å². The fourth-order valence-corrected chi connectivity index (χ4v) is 3.45. The lowest BCUT2D eigenvalue weighted by molar-refractivity contribution is -0.129. The van der Waals surface area contributed by atoms with Crippen molar-refractivity contribution in [2.24, 2.45) is 0 Å². The molecule has 1 saturated heterocycles. The van der Waals surface area contributed by atoms with Crippen molar-refractivity contribution in [1.82, 2.24) is 14.2 Å². The highest BCUT2D eigenvalue weighted by Gasteiger charge is 2.30. The molecule has 0 unspecified atom stereocenters. The summed E-state index contributed by atoms with van der Waals surface area (Å²) in [5, 5.41) is 0. The van der Waals surface area contributed by atoms with Crippen LogP contribution in [0.5, 0.6) is 0 Å². The molecule has 7 nitrogen and oxygen atoms in total. The first-order valence-electron chi connectivity index (χ1n) is 5.85. The fraction of sp³-hybridized carbons (Fsp3) is 0.455. The Hall–Kier alpha value is -1.67. The van der Waals surface area contributed by atoms with Gasteiger partial charge in [0, 0.05) is 51.6 Å². The average molecular weight is 285 g/mol. The number of pyridine rings is 1. The molecule has 1 fully saturated rings. The van der Waals surface area contributed by atoms with Crippen LogP contribution in [0.25, 0.3) is 0 Å². The zero-order valence-corrected chi connectivity index (χ0v) is 11.3. The summed E-state index contributed by atoms with van der Waals surface area (Å²) in [7, 11) is -3.79. The molecule has 0 radical (unpaired) electrons. The maximum absolute atomic E-state index is 12.3. The van der Waals surface area contributed by atoms with E-state index in [4.69, 9.17) is 0 Å². The van der Waals surface area contributed by atoms with E-state index in [0.29, 0.717) is 13.1 Å². The van der Waals surface area contributed by atoms with E-state index in [1.807, 2.05) is 0 Å². The molecule has 0 spiro atoms. The molecular formula is C11H15N3O4S. The summed E-state index contributed by atoms with van der Waals surface area (Å²) in [6.45, 7) is 2.55. The number of H-pyrrole nitrogens is 1. The second-order valence-corrected chi connectivity index (χ2v) is 6.19. The Morgan fingerprint density at radius 3 is 2.42 bits per heavy atom. The number of hydrogen-bond donors (Lipinski definition) is 1. The Labute approximate surface area is 110 Å². The van der Waals surface area contributed by atoms with Gasteiger partial charge in [0.2, 0.25) is 21.4 Å². The third-order valence-corrected chi connectivity index (χ3v) is 5.01. The Morgan fingerprint density at radius 2 is 1.89 bits per heavy atom. The molecule has 0 atom stereocenters. The van der Waals surface area contributed by atoms with Gasteiger partial charge in [-0.25, -0.2) is 8.42 Å². The molecule has 2 heterocycles. The third-order valence-electron chi connectivity index (χ3n) is 3.09. The van der Waals surface area contributed by atoms with Crippen molar-refractivity contribution in [3.05, 3.63) is 28.7 Å². The maximum Gasteiger partial charge on any atom is 0.248 e. The van der Waals surface area contributed by atoms with Gasteiger partial charge in [-0.05, 0) is 0 Å². The van der Waals surface area contributed by atoms with Crippen LogP contribution in [0.2, 0.25) is 0 Å². The van der Waals surface area contributed by atoms with Crippen molar-refractivity contribution in [1.29, 1.82) is 0 Å². The fourth-order valence-electron chi connectivity index (χ4n) is 1.98. The summed E-state index contributed by atoms with van der Waals surface area (Å²) in [5.41, 5.74) is -0.534. The second-order valence-electron chi connectivity index (χ2n) is 4.28. The lowest BCUT2D eigenvalue weighted by Gasteiger charge is -2.33. The first-order chi connectivity index (χ1) is 8.93. The van der Waals surface area contributed by atoms with Crippen molar-refractivity contribution in [2.45, 2.75) is 11.8 Å². The molecule has 1 aliphatic heterocycles. The van der Waals surface area contributed by atoms with Gasteiger partial charge < -0.3 is 9.88 Å². The Bertz CT molecular complexity index is 629. The normalized spacial score (nSPS) is 17.4. The van der Waals surface area contributed by atoms with Gasteiger partial charge in [0.15, 0.2) is 0 Å². The number of aromatic amines is 1. The molecule has 0 saturated carbocycles. The molecule has 0 aliphatic carbocycles. The molecule has 1 aromatic heterocycles. The summed E-state index contributed by atoms with van der Waals surface area (Å²) >= 11 is 0. The molecule has 2 rings (SSSR count). The van der Waals surface area contributed by atoms with Crippen molar-refractivity contribution in [3.8, 4) is 0 Å². The molecule has 8 heteroatoms. The van der Waals surface area contributed by atoms with Crippen molar-refractivity contribution >= 4 is 15.9 Å². The molecular weight excluding hydrogens is 270 g/mol. The molecule has 1 N–H and O–H groups in total. The first-order valence-corrected chi connectivity index (χ1v) is 7.29. The van der Waals surface area contributed by atoms with Crippen molar-refractivity contribution in [2.75, 3.05) is 26.2 Å². The van der Waals surface area contributed by atoms with Gasteiger partial charge in [-0.15, -0.1) is 0 Å². The number of rotatable bonds is 2. The lowest BCUT2D eigenvalue weighted by Crippen LogP contribution is -2.50. The molecule has 1 aliphatic rings. The third kappa shape index (κ3) is 2.69. The van der Waals surface area contributed by atoms with Crippen LogP contribution >= 0.6 is 0 Å². The van der Waals surface area contributed by atoms with E-state index in [0.717, 1.165) is 0 Å². The Balaban J connectivity index is 2.22. The SMILES string of the molecule is CC(=O)N1CCN(S(=O)(=O)c2c[nH]ccc2=O)CC1. The number of amides is 1. The van der Waals surface area contributed by atoms with Crippen molar-refractivity contribution < 1.29 is 13.2 Å². The van der Waals surface area contributed by atoms with Gasteiger partial charge >= 0.3 is 0 Å². The van der Waals surface area contributed by atoms with Gasteiger partial charge in [-0.3, -0.25) is 9.59 Å². The van der Waals surface area contributed by atoms with Crippen molar-refractivity contribution in [3.63, 3.8) is 0 Å². The monoisotopic (exact) mass is 285 g/mol. The predicted molar refractivity (Wildman–Crippen MR) is 68.1 cm³/mol. The van der Waals surface area contributed by atoms with Gasteiger partial charge in [0.1, 0.15) is 4.90 Å². The standard InChI is InChI=1S/C11H15N3O4S/c1-9(15)13-4-6-14(7-5-13)19(17,18)11-8-12-3-2-10(11)16/h2-3,8H,4-7H2,1H3,(H,12,16). The highest BCUT2D eigenvalue weighted by atomic mass is 32.2. The molecule has 104 valence electrons. The van der Waals surface area contributed by atoms with E-state index >= 15 is 0 Å². The summed E-state index contributed by atoms with van der Waals surface area (Å²) < 4.78 is 25.8. The van der Waals surface area contributed by atoms with Gasteiger partial charge in [0.25, 0.3) is 0 Å². The van der Waals surface area contributed by atoms with Gasteiger partial charge in [-0.2, -0.15) is 4.31 Å². The molecule has 0 aromatic carbocycles. The number of piperazine rings is 1. The highest BCUT2D eigenvalue weighted by Crippen LogP contribution is 2.13. The van der Waals surface area contributed by atoms with E-state index in [2.05, 4.69) is 4.98 Å². The number of carbonyl (C=O) groups excluding carboxylic acids is 1. The van der Waals surface area contributed by atoms with E-state index < -0.39 is 15.5 Å². The number of nitrogens with zero attached hydrogens (tertiary/aromatic N) is 2. The zero-order valence-electron chi connectivity index (χ0n) is 10.5. The minimum Gasteiger partial charge on any atom is -0.366 e. The minimum absolute atomic E-state index is 0.0744. The quantitative estimate of drug-likeness (QED) is 0.772. The van der Waals surface area contributed by atoms with Crippen LogP contribution in [-0.4, -0.2) is 54.7 Å². The van der Waals surface area contributed by atoms with Crippen LogP contribution in [0.3, 0.4) is 0 Å². The number of sulfonamides is 1. The second kappa shape index (κ2) is 5.14. The number of carbonyl (C=O) groups is 1. The topological polar surface area (TPSA) is 90.6 Å². The lowest BCUT2D eigenvalue weighted by atomic mass is 10.3. The number of nitrogens with one attached hydrogen (secondary N) is 1. The largest absolute Gasteiger partial charge is 0.366 e. The summed E-state index contributed by atoms with van der Waals surface area (Å²) in [6, 6.07) is 1.18. The zero-order chi connectivity index (χ0) is 14.0. The van der Waals surface area contributed by atoms with E-state index in [1.165, 1.54) is 29.7 Å². The van der Waals surface area contributed by atoms with E-state index in [1.54, 1.807) is 4.90 Å². The van der Waals surface area contributed by atoms with Crippen LogP contribution in [0.1, 0.15) is 6.92 Å². The molecule has 0 bridgehead atoms. The van der Waals surface area contributed by atoms with Gasteiger partial charge in [0.05, 0.1) is 0 Å². The summed E-state index contributed by atoms with van der Waals surface area (Å²) in [4.78, 5) is 26.7. The van der Waals surface area contributed by atoms with Crippen LogP contribution in [-0.2, 0) is 14.8 Å². The average Bonchev–Trinajstić information content (AvgIpc) is 2.39.